The lowest BCUT2D eigenvalue weighted by atomic mass is 10.1. The molecule has 0 aromatic heterocycles. The van der Waals surface area contributed by atoms with Crippen LogP contribution < -0.4 is 10.6 Å². The molecule has 17 heavy (non-hydrogen) atoms. The molecule has 0 amide bonds. The zero-order valence-corrected chi connectivity index (χ0v) is 10.7. The molecular weight excluding hydrogens is 219 g/mol. The van der Waals surface area contributed by atoms with E-state index in [0.717, 1.165) is 5.69 Å². The van der Waals surface area contributed by atoms with Crippen LogP contribution in [0.1, 0.15) is 19.4 Å². The van der Waals surface area contributed by atoms with Gasteiger partial charge in [-0.1, -0.05) is 6.07 Å². The van der Waals surface area contributed by atoms with E-state index >= 15 is 0 Å². The predicted octanol–water partition coefficient (Wildman–Crippen LogP) is 2.15. The van der Waals surface area contributed by atoms with Gasteiger partial charge in [0.05, 0.1) is 12.7 Å². The minimum absolute atomic E-state index is 0.206. The normalized spacial score (nSPS) is 10.9. The number of rotatable bonds is 6. The van der Waals surface area contributed by atoms with E-state index in [1.165, 1.54) is 6.07 Å². The zero-order chi connectivity index (χ0) is 12.8. The Bertz CT molecular complexity index is 355. The van der Waals surface area contributed by atoms with Crippen molar-refractivity contribution in [3.8, 4) is 0 Å². The van der Waals surface area contributed by atoms with Gasteiger partial charge in [0, 0.05) is 31.4 Å². The first kappa shape index (κ1) is 13.9. The van der Waals surface area contributed by atoms with Crippen molar-refractivity contribution in [2.24, 2.45) is 5.73 Å². The summed E-state index contributed by atoms with van der Waals surface area (Å²) in [7, 11) is 1.91. The first-order chi connectivity index (χ1) is 8.06. The largest absolute Gasteiger partial charge is 0.377 e. The summed E-state index contributed by atoms with van der Waals surface area (Å²) in [6.07, 6.45) is 0.213. The average molecular weight is 240 g/mol. The molecule has 1 aromatic carbocycles. The quantitative estimate of drug-likeness (QED) is 0.828. The maximum Gasteiger partial charge on any atom is 0.129 e. The molecular formula is C13H21FN2O. The van der Waals surface area contributed by atoms with Gasteiger partial charge in [-0.3, -0.25) is 0 Å². The Hall–Kier alpha value is -1.13. The summed E-state index contributed by atoms with van der Waals surface area (Å²) in [4.78, 5) is 1.97. The van der Waals surface area contributed by atoms with Gasteiger partial charge in [-0.2, -0.15) is 0 Å². The average Bonchev–Trinajstić information content (AvgIpc) is 2.28. The third kappa shape index (κ3) is 3.98. The molecule has 3 nitrogen and oxygen atoms in total. The van der Waals surface area contributed by atoms with Gasteiger partial charge in [0.2, 0.25) is 0 Å². The molecule has 0 bridgehead atoms. The minimum Gasteiger partial charge on any atom is -0.377 e. The van der Waals surface area contributed by atoms with Gasteiger partial charge in [-0.05, 0) is 26.0 Å². The molecule has 1 rings (SSSR count). The molecule has 0 fully saturated rings. The fraction of sp³-hybridized carbons (Fsp3) is 0.538. The monoisotopic (exact) mass is 240 g/mol. The van der Waals surface area contributed by atoms with Crippen molar-refractivity contribution in [1.82, 2.24) is 0 Å². The van der Waals surface area contributed by atoms with E-state index in [-0.39, 0.29) is 18.5 Å². The third-order valence-electron chi connectivity index (χ3n) is 2.59. The Morgan fingerprint density at radius 1 is 1.41 bits per heavy atom. The van der Waals surface area contributed by atoms with E-state index in [0.29, 0.717) is 18.7 Å². The molecule has 0 spiro atoms. The van der Waals surface area contributed by atoms with Gasteiger partial charge in [0.1, 0.15) is 5.82 Å². The van der Waals surface area contributed by atoms with Crippen molar-refractivity contribution < 1.29 is 9.13 Å². The van der Waals surface area contributed by atoms with E-state index in [2.05, 4.69) is 0 Å². The van der Waals surface area contributed by atoms with Gasteiger partial charge in [-0.25, -0.2) is 4.39 Å². The summed E-state index contributed by atoms with van der Waals surface area (Å²) >= 11 is 0. The molecule has 0 unspecified atom stereocenters. The van der Waals surface area contributed by atoms with Crippen LogP contribution in [-0.4, -0.2) is 26.3 Å². The Morgan fingerprint density at radius 3 is 2.71 bits per heavy atom. The number of hydrogen-bond acceptors (Lipinski definition) is 3. The second-order valence-electron chi connectivity index (χ2n) is 4.28. The van der Waals surface area contributed by atoms with Crippen LogP contribution >= 0.6 is 0 Å². The number of nitrogens with zero attached hydrogens (tertiary/aromatic N) is 1. The molecule has 0 aliphatic rings. The van der Waals surface area contributed by atoms with Gasteiger partial charge >= 0.3 is 0 Å². The van der Waals surface area contributed by atoms with Crippen LogP contribution in [0, 0.1) is 5.82 Å². The maximum absolute atomic E-state index is 13.5. The molecule has 0 saturated carbocycles. The second-order valence-corrected chi connectivity index (χ2v) is 4.28. The van der Waals surface area contributed by atoms with E-state index in [1.807, 2.05) is 31.9 Å². The van der Waals surface area contributed by atoms with Crippen LogP contribution in [0.5, 0.6) is 0 Å². The Kier molecular flexibility index (Phi) is 5.38. The predicted molar refractivity (Wildman–Crippen MR) is 68.6 cm³/mol. The molecule has 0 aliphatic heterocycles. The summed E-state index contributed by atoms with van der Waals surface area (Å²) < 4.78 is 19.0. The van der Waals surface area contributed by atoms with Crippen LogP contribution in [0.4, 0.5) is 10.1 Å². The smallest absolute Gasteiger partial charge is 0.129 e. The summed E-state index contributed by atoms with van der Waals surface area (Å²) in [5.74, 6) is -0.248. The lowest BCUT2D eigenvalue weighted by Gasteiger charge is -2.22. The molecule has 0 radical (unpaired) electrons. The Morgan fingerprint density at radius 2 is 2.12 bits per heavy atom. The zero-order valence-electron chi connectivity index (χ0n) is 10.7. The molecule has 0 aliphatic carbocycles. The lowest BCUT2D eigenvalue weighted by molar-refractivity contribution is 0.0846. The summed E-state index contributed by atoms with van der Waals surface area (Å²) in [5, 5.41) is 0. The van der Waals surface area contributed by atoms with Crippen LogP contribution in [-0.2, 0) is 11.3 Å². The summed E-state index contributed by atoms with van der Waals surface area (Å²) in [6.45, 7) is 5.53. The second kappa shape index (κ2) is 6.57. The van der Waals surface area contributed by atoms with Crippen LogP contribution in [0.2, 0.25) is 0 Å². The Labute approximate surface area is 102 Å². The first-order valence-electron chi connectivity index (χ1n) is 5.86. The highest BCUT2D eigenvalue weighted by Gasteiger charge is 2.10. The highest BCUT2D eigenvalue weighted by Crippen LogP contribution is 2.21. The SMILES string of the molecule is CC(C)OCCN(C)c1cccc(F)c1CN. The van der Waals surface area contributed by atoms with Crippen LogP contribution in [0.25, 0.3) is 0 Å². The summed E-state index contributed by atoms with van der Waals surface area (Å²) in [5.41, 5.74) is 6.96. The number of nitrogens with two attached hydrogens (primary N) is 1. The molecule has 2 N–H and O–H groups in total. The van der Waals surface area contributed by atoms with E-state index < -0.39 is 0 Å². The van der Waals surface area contributed by atoms with E-state index in [9.17, 15) is 4.39 Å². The first-order valence-corrected chi connectivity index (χ1v) is 5.86. The van der Waals surface area contributed by atoms with Gasteiger partial charge in [0.25, 0.3) is 0 Å². The lowest BCUT2D eigenvalue weighted by Crippen LogP contribution is -2.25. The molecule has 1 aromatic rings. The van der Waals surface area contributed by atoms with Crippen molar-refractivity contribution >= 4 is 5.69 Å². The van der Waals surface area contributed by atoms with Crippen LogP contribution in [0.15, 0.2) is 18.2 Å². The van der Waals surface area contributed by atoms with E-state index in [1.54, 1.807) is 6.07 Å². The standard InChI is InChI=1S/C13H21FN2O/c1-10(2)17-8-7-16(3)13-6-4-5-12(14)11(13)9-15/h4-6,10H,7-9,15H2,1-3H3. The number of ether oxygens (including phenoxy) is 1. The van der Waals surface area contributed by atoms with E-state index in [4.69, 9.17) is 10.5 Å². The van der Waals surface area contributed by atoms with Crippen molar-refractivity contribution in [3.63, 3.8) is 0 Å². The fourth-order valence-electron chi connectivity index (χ4n) is 1.65. The molecule has 0 atom stereocenters. The van der Waals surface area contributed by atoms with Gasteiger partial charge < -0.3 is 15.4 Å². The van der Waals surface area contributed by atoms with Crippen molar-refractivity contribution in [3.05, 3.63) is 29.6 Å². The van der Waals surface area contributed by atoms with Crippen LogP contribution in [0.3, 0.4) is 0 Å². The van der Waals surface area contributed by atoms with Crippen molar-refractivity contribution in [1.29, 1.82) is 0 Å². The minimum atomic E-state index is -0.248. The number of hydrogen-bond donors (Lipinski definition) is 1. The summed E-state index contributed by atoms with van der Waals surface area (Å²) in [6, 6.07) is 5.01. The highest BCUT2D eigenvalue weighted by molar-refractivity contribution is 5.53. The maximum atomic E-state index is 13.5. The fourth-order valence-corrected chi connectivity index (χ4v) is 1.65. The number of likely N-dealkylation sites (N-methyl/N-ethyl adjacent to an activating group) is 1. The molecule has 96 valence electrons. The Balaban J connectivity index is 2.68. The molecule has 0 saturated heterocycles. The number of benzene rings is 1. The highest BCUT2D eigenvalue weighted by atomic mass is 19.1. The van der Waals surface area contributed by atoms with Crippen molar-refractivity contribution in [2.45, 2.75) is 26.5 Å². The molecule has 4 heteroatoms. The number of anilines is 1. The topological polar surface area (TPSA) is 38.5 Å². The van der Waals surface area contributed by atoms with Gasteiger partial charge in [0.15, 0.2) is 0 Å². The molecule has 0 heterocycles. The number of halogens is 1. The third-order valence-corrected chi connectivity index (χ3v) is 2.59. The van der Waals surface area contributed by atoms with Gasteiger partial charge in [-0.15, -0.1) is 0 Å². The van der Waals surface area contributed by atoms with Crippen molar-refractivity contribution in [2.75, 3.05) is 25.1 Å².